The van der Waals surface area contributed by atoms with Crippen molar-refractivity contribution in [2.45, 2.75) is 6.42 Å². The van der Waals surface area contributed by atoms with Crippen molar-refractivity contribution >= 4 is 23.2 Å². The highest BCUT2D eigenvalue weighted by molar-refractivity contribution is 6.30. The van der Waals surface area contributed by atoms with Gasteiger partial charge in [0, 0.05) is 34.1 Å². The summed E-state index contributed by atoms with van der Waals surface area (Å²) >= 11 is 5.93. The summed E-state index contributed by atoms with van der Waals surface area (Å²) in [7, 11) is 0. The second-order valence-corrected chi connectivity index (χ2v) is 7.13. The third-order valence-electron chi connectivity index (χ3n) is 4.47. The van der Waals surface area contributed by atoms with Gasteiger partial charge in [-0.3, -0.25) is 4.79 Å². The lowest BCUT2D eigenvalue weighted by atomic mass is 10.1. The Labute approximate surface area is 176 Å². The Kier molecular flexibility index (Phi) is 5.59. The van der Waals surface area contributed by atoms with Gasteiger partial charge in [0.2, 0.25) is 5.91 Å². The van der Waals surface area contributed by atoms with Gasteiger partial charge in [0.05, 0.1) is 18.3 Å². The SMILES string of the molecule is O=C(Cc1cc(F)cc(F)c1)Nc1ccccc1-c1cnn(-c2ccc(Cl)cc2)c1. The summed E-state index contributed by atoms with van der Waals surface area (Å²) in [6, 6.07) is 17.6. The minimum atomic E-state index is -0.715. The normalized spacial score (nSPS) is 10.8. The highest BCUT2D eigenvalue weighted by atomic mass is 35.5. The van der Waals surface area contributed by atoms with Crippen molar-refractivity contribution in [3.05, 3.63) is 101 Å². The van der Waals surface area contributed by atoms with Crippen LogP contribution in [0, 0.1) is 11.6 Å². The van der Waals surface area contributed by atoms with Gasteiger partial charge in [0.25, 0.3) is 0 Å². The van der Waals surface area contributed by atoms with Crippen LogP contribution in [-0.4, -0.2) is 15.7 Å². The van der Waals surface area contributed by atoms with Gasteiger partial charge in [0.1, 0.15) is 11.6 Å². The van der Waals surface area contributed by atoms with Crippen LogP contribution < -0.4 is 5.32 Å². The molecule has 0 fully saturated rings. The molecule has 0 aliphatic carbocycles. The number of carbonyl (C=O) groups excluding carboxylic acids is 1. The third-order valence-corrected chi connectivity index (χ3v) is 4.72. The molecule has 1 amide bonds. The molecule has 0 aliphatic heterocycles. The number of anilines is 1. The van der Waals surface area contributed by atoms with Crippen LogP contribution in [0.4, 0.5) is 14.5 Å². The standard InChI is InChI=1S/C23H16ClF2N3O/c24-17-5-7-20(8-6-17)29-14-16(13-27-29)21-3-1-2-4-22(21)28-23(30)11-15-9-18(25)12-19(26)10-15/h1-10,12-14H,11H2,(H,28,30). The summed E-state index contributed by atoms with van der Waals surface area (Å²) in [5, 5.41) is 7.83. The van der Waals surface area contributed by atoms with Crippen LogP contribution in [-0.2, 0) is 11.2 Å². The largest absolute Gasteiger partial charge is 0.325 e. The van der Waals surface area contributed by atoms with E-state index in [0.29, 0.717) is 10.7 Å². The molecule has 150 valence electrons. The van der Waals surface area contributed by atoms with Crippen molar-refractivity contribution < 1.29 is 13.6 Å². The molecular weight excluding hydrogens is 408 g/mol. The fraction of sp³-hybridized carbons (Fsp3) is 0.0435. The molecule has 0 spiro atoms. The highest BCUT2D eigenvalue weighted by Gasteiger charge is 2.12. The molecule has 0 saturated heterocycles. The number of amides is 1. The van der Waals surface area contributed by atoms with Crippen LogP contribution in [0.3, 0.4) is 0 Å². The molecule has 0 unspecified atom stereocenters. The van der Waals surface area contributed by atoms with E-state index in [1.165, 1.54) is 0 Å². The van der Waals surface area contributed by atoms with Gasteiger partial charge in [-0.15, -0.1) is 0 Å². The molecule has 1 N–H and O–H groups in total. The Balaban J connectivity index is 1.55. The topological polar surface area (TPSA) is 46.9 Å². The molecule has 0 atom stereocenters. The number of nitrogens with zero attached hydrogens (tertiary/aromatic N) is 2. The first-order valence-corrected chi connectivity index (χ1v) is 9.50. The molecule has 4 nitrogen and oxygen atoms in total. The molecule has 0 bridgehead atoms. The van der Waals surface area contributed by atoms with Gasteiger partial charge in [-0.2, -0.15) is 5.10 Å². The Morgan fingerprint density at radius 1 is 1.00 bits per heavy atom. The molecule has 3 aromatic carbocycles. The van der Waals surface area contributed by atoms with Crippen LogP contribution in [0.15, 0.2) is 79.1 Å². The van der Waals surface area contributed by atoms with E-state index in [1.807, 2.05) is 30.5 Å². The number of hydrogen-bond acceptors (Lipinski definition) is 2. The van der Waals surface area contributed by atoms with Crippen LogP contribution in [0.2, 0.25) is 5.02 Å². The second kappa shape index (κ2) is 8.47. The lowest BCUT2D eigenvalue weighted by Gasteiger charge is -2.10. The van der Waals surface area contributed by atoms with Crippen LogP contribution in [0.25, 0.3) is 16.8 Å². The van der Waals surface area contributed by atoms with Crippen molar-refractivity contribution in [1.82, 2.24) is 9.78 Å². The molecule has 0 radical (unpaired) electrons. The van der Waals surface area contributed by atoms with E-state index in [-0.39, 0.29) is 17.9 Å². The van der Waals surface area contributed by atoms with Crippen LogP contribution in [0.5, 0.6) is 0 Å². The molecule has 30 heavy (non-hydrogen) atoms. The first-order chi connectivity index (χ1) is 14.5. The lowest BCUT2D eigenvalue weighted by Crippen LogP contribution is -2.15. The quantitative estimate of drug-likeness (QED) is 0.450. The fourth-order valence-corrected chi connectivity index (χ4v) is 3.26. The van der Waals surface area contributed by atoms with E-state index in [9.17, 15) is 13.6 Å². The van der Waals surface area contributed by atoms with E-state index in [4.69, 9.17) is 11.6 Å². The van der Waals surface area contributed by atoms with Gasteiger partial charge < -0.3 is 5.32 Å². The van der Waals surface area contributed by atoms with Crippen molar-refractivity contribution in [3.63, 3.8) is 0 Å². The van der Waals surface area contributed by atoms with E-state index in [1.54, 1.807) is 35.1 Å². The summed E-state index contributed by atoms with van der Waals surface area (Å²) in [6.45, 7) is 0. The number of aromatic nitrogens is 2. The van der Waals surface area contributed by atoms with Gasteiger partial charge in [-0.1, -0.05) is 29.8 Å². The Bertz CT molecular complexity index is 1190. The number of rotatable bonds is 5. The predicted molar refractivity (Wildman–Crippen MR) is 113 cm³/mol. The number of para-hydroxylation sites is 1. The maximum atomic E-state index is 13.4. The summed E-state index contributed by atoms with van der Waals surface area (Å²) in [4.78, 5) is 12.5. The smallest absolute Gasteiger partial charge is 0.228 e. The molecule has 4 rings (SSSR count). The highest BCUT2D eigenvalue weighted by Crippen LogP contribution is 2.28. The number of nitrogens with one attached hydrogen (secondary N) is 1. The Morgan fingerprint density at radius 2 is 1.70 bits per heavy atom. The molecule has 1 heterocycles. The lowest BCUT2D eigenvalue weighted by molar-refractivity contribution is -0.115. The second-order valence-electron chi connectivity index (χ2n) is 6.70. The number of benzene rings is 3. The first kappa shape index (κ1) is 19.8. The fourth-order valence-electron chi connectivity index (χ4n) is 3.13. The van der Waals surface area contributed by atoms with Crippen molar-refractivity contribution in [1.29, 1.82) is 0 Å². The first-order valence-electron chi connectivity index (χ1n) is 9.13. The summed E-state index contributed by atoms with van der Waals surface area (Å²) < 4.78 is 28.4. The monoisotopic (exact) mass is 423 g/mol. The summed E-state index contributed by atoms with van der Waals surface area (Å²) in [6.07, 6.45) is 3.39. The third kappa shape index (κ3) is 4.55. The van der Waals surface area contributed by atoms with Crippen molar-refractivity contribution in [2.75, 3.05) is 5.32 Å². The van der Waals surface area contributed by atoms with Gasteiger partial charge >= 0.3 is 0 Å². The zero-order valence-corrected chi connectivity index (χ0v) is 16.4. The van der Waals surface area contributed by atoms with E-state index in [2.05, 4.69) is 10.4 Å². The van der Waals surface area contributed by atoms with Crippen LogP contribution in [0.1, 0.15) is 5.56 Å². The van der Waals surface area contributed by atoms with Crippen molar-refractivity contribution in [3.8, 4) is 16.8 Å². The van der Waals surface area contributed by atoms with Crippen molar-refractivity contribution in [2.24, 2.45) is 0 Å². The molecule has 0 aliphatic rings. The Morgan fingerprint density at radius 3 is 2.43 bits per heavy atom. The zero-order chi connectivity index (χ0) is 21.1. The molecular formula is C23H16ClF2N3O. The number of halogens is 3. The molecule has 4 aromatic rings. The zero-order valence-electron chi connectivity index (χ0n) is 15.6. The maximum absolute atomic E-state index is 13.4. The molecule has 1 aromatic heterocycles. The Hall–Kier alpha value is -3.51. The average Bonchev–Trinajstić information content (AvgIpc) is 3.18. The van der Waals surface area contributed by atoms with E-state index < -0.39 is 11.6 Å². The predicted octanol–water partition coefficient (Wildman–Crippen LogP) is 5.65. The van der Waals surface area contributed by atoms with Gasteiger partial charge in [-0.05, 0) is 48.0 Å². The van der Waals surface area contributed by atoms with E-state index in [0.717, 1.165) is 35.0 Å². The average molecular weight is 424 g/mol. The minimum Gasteiger partial charge on any atom is -0.325 e. The minimum absolute atomic E-state index is 0.146. The van der Waals surface area contributed by atoms with E-state index >= 15 is 0 Å². The maximum Gasteiger partial charge on any atom is 0.228 e. The van der Waals surface area contributed by atoms with Gasteiger partial charge in [0.15, 0.2) is 0 Å². The molecule has 0 saturated carbocycles. The number of hydrogen-bond donors (Lipinski definition) is 1. The summed E-state index contributed by atoms with van der Waals surface area (Å²) in [5.74, 6) is -1.81. The van der Waals surface area contributed by atoms with Gasteiger partial charge in [-0.25, -0.2) is 13.5 Å². The number of carbonyl (C=O) groups is 1. The van der Waals surface area contributed by atoms with Crippen LogP contribution >= 0.6 is 11.6 Å². The molecule has 7 heteroatoms. The summed E-state index contributed by atoms with van der Waals surface area (Å²) in [5.41, 5.74) is 3.27.